The molecule has 0 spiro atoms. The van der Waals surface area contributed by atoms with Crippen molar-refractivity contribution < 1.29 is 19.2 Å². The van der Waals surface area contributed by atoms with Gasteiger partial charge in [-0.2, -0.15) is 0 Å². The predicted octanol–water partition coefficient (Wildman–Crippen LogP) is 2.33. The zero-order chi connectivity index (χ0) is 20.7. The van der Waals surface area contributed by atoms with E-state index in [-0.39, 0.29) is 11.3 Å². The topological polar surface area (TPSA) is 52.0 Å². The molecule has 0 saturated heterocycles. The van der Waals surface area contributed by atoms with Crippen molar-refractivity contribution in [1.29, 1.82) is 0 Å². The first-order valence-corrected chi connectivity index (χ1v) is 9.61. The van der Waals surface area contributed by atoms with Crippen LogP contribution in [0.25, 0.3) is 0 Å². The van der Waals surface area contributed by atoms with Crippen LogP contribution in [0.5, 0.6) is 11.5 Å². The molecule has 2 aromatic rings. The summed E-state index contributed by atoms with van der Waals surface area (Å²) >= 11 is 0. The molecule has 1 amide bonds. The van der Waals surface area contributed by atoms with E-state index in [4.69, 9.17) is 9.47 Å². The number of nitrogens with one attached hydrogen (secondary N) is 2. The van der Waals surface area contributed by atoms with Gasteiger partial charge in [0, 0.05) is 12.1 Å². The Morgan fingerprint density at radius 1 is 0.964 bits per heavy atom. The minimum Gasteiger partial charge on any atom is -0.493 e. The number of methoxy groups -OCH3 is 2. The van der Waals surface area contributed by atoms with Gasteiger partial charge in [-0.15, -0.1) is 0 Å². The maximum Gasteiger partial charge on any atom is 0.275 e. The van der Waals surface area contributed by atoms with Crippen LogP contribution in [-0.2, 0) is 23.3 Å². The number of hydrogen-bond acceptors (Lipinski definition) is 3. The van der Waals surface area contributed by atoms with Crippen LogP contribution in [0.3, 0.4) is 0 Å². The highest BCUT2D eigenvalue weighted by molar-refractivity contribution is 5.76. The fraction of sp³-hybridized carbons (Fsp3) is 0.435. The highest BCUT2D eigenvalue weighted by Gasteiger charge is 2.15. The van der Waals surface area contributed by atoms with Gasteiger partial charge in [0.05, 0.1) is 21.3 Å². The summed E-state index contributed by atoms with van der Waals surface area (Å²) in [5.74, 6) is 1.37. The summed E-state index contributed by atoms with van der Waals surface area (Å²) in [6, 6.07) is 14.3. The maximum atomic E-state index is 12.3. The Kier molecular flexibility index (Phi) is 7.46. The minimum absolute atomic E-state index is 0.0265. The SMILES string of the molecule is COc1ccc(CNC(=O)C[NH+](C)Cc2ccc(C(C)(C)C)cc2)cc1OC. The Morgan fingerprint density at radius 3 is 2.14 bits per heavy atom. The van der Waals surface area contributed by atoms with Crippen LogP contribution >= 0.6 is 0 Å². The first-order chi connectivity index (χ1) is 13.2. The summed E-state index contributed by atoms with van der Waals surface area (Å²) in [4.78, 5) is 13.4. The number of amides is 1. The molecule has 0 aliphatic heterocycles. The summed E-state index contributed by atoms with van der Waals surface area (Å²) in [7, 11) is 5.24. The van der Waals surface area contributed by atoms with Gasteiger partial charge in [-0.3, -0.25) is 4.79 Å². The van der Waals surface area contributed by atoms with Crippen molar-refractivity contribution in [2.75, 3.05) is 27.8 Å². The predicted molar refractivity (Wildman–Crippen MR) is 112 cm³/mol. The fourth-order valence-corrected chi connectivity index (χ4v) is 3.06. The zero-order valence-corrected chi connectivity index (χ0v) is 17.9. The summed E-state index contributed by atoms with van der Waals surface area (Å²) in [6.45, 7) is 8.33. The fourth-order valence-electron chi connectivity index (χ4n) is 3.06. The standard InChI is InChI=1S/C23H32N2O3/c1-23(2,3)19-10-7-17(8-11-19)15-25(4)16-22(26)24-14-18-9-12-20(27-5)21(13-18)28-6/h7-13H,14-16H2,1-6H3,(H,24,26)/p+1. The summed E-state index contributed by atoms with van der Waals surface area (Å²) in [5.41, 5.74) is 3.68. The first kappa shape index (κ1) is 21.8. The lowest BCUT2D eigenvalue weighted by Gasteiger charge is -2.19. The lowest BCUT2D eigenvalue weighted by atomic mass is 9.87. The van der Waals surface area contributed by atoms with Gasteiger partial charge in [-0.1, -0.05) is 51.1 Å². The third-order valence-electron chi connectivity index (χ3n) is 4.73. The molecule has 2 N–H and O–H groups in total. The molecule has 2 aromatic carbocycles. The summed E-state index contributed by atoms with van der Waals surface area (Å²) < 4.78 is 10.5. The molecule has 0 aliphatic carbocycles. The Labute approximate surface area is 168 Å². The van der Waals surface area contributed by atoms with E-state index in [1.54, 1.807) is 14.2 Å². The molecular weight excluding hydrogens is 352 g/mol. The van der Waals surface area contributed by atoms with Gasteiger partial charge in [0.25, 0.3) is 5.91 Å². The second-order valence-corrected chi connectivity index (χ2v) is 8.22. The van der Waals surface area contributed by atoms with Crippen LogP contribution in [0.2, 0.25) is 0 Å². The van der Waals surface area contributed by atoms with E-state index < -0.39 is 0 Å². The van der Waals surface area contributed by atoms with Crippen molar-refractivity contribution in [2.24, 2.45) is 0 Å². The Balaban J connectivity index is 1.84. The molecule has 5 nitrogen and oxygen atoms in total. The highest BCUT2D eigenvalue weighted by atomic mass is 16.5. The van der Waals surface area contributed by atoms with E-state index in [2.05, 4.69) is 50.4 Å². The van der Waals surface area contributed by atoms with E-state index >= 15 is 0 Å². The highest BCUT2D eigenvalue weighted by Crippen LogP contribution is 2.27. The molecule has 0 aliphatic rings. The number of benzene rings is 2. The third kappa shape index (κ3) is 6.27. The molecule has 0 saturated carbocycles. The van der Waals surface area contributed by atoms with Crippen LogP contribution in [0, 0.1) is 0 Å². The average molecular weight is 386 g/mol. The van der Waals surface area contributed by atoms with Crippen LogP contribution in [0.1, 0.15) is 37.5 Å². The van der Waals surface area contributed by atoms with Crippen LogP contribution < -0.4 is 19.7 Å². The number of likely N-dealkylation sites (N-methyl/N-ethyl adjacent to an activating group) is 1. The molecule has 0 heterocycles. The van der Waals surface area contributed by atoms with E-state index in [0.717, 1.165) is 17.0 Å². The third-order valence-corrected chi connectivity index (χ3v) is 4.73. The molecule has 0 aromatic heterocycles. The number of carbonyl (C=O) groups is 1. The molecule has 5 heteroatoms. The first-order valence-electron chi connectivity index (χ1n) is 9.61. The summed E-state index contributed by atoms with van der Waals surface area (Å²) in [5, 5.41) is 2.98. The van der Waals surface area contributed by atoms with Gasteiger partial charge in [0.15, 0.2) is 18.0 Å². The van der Waals surface area contributed by atoms with Crippen LogP contribution in [0.4, 0.5) is 0 Å². The van der Waals surface area contributed by atoms with Gasteiger partial charge in [-0.25, -0.2) is 0 Å². The van der Waals surface area contributed by atoms with Gasteiger partial charge in [-0.05, 0) is 28.7 Å². The van der Waals surface area contributed by atoms with Crippen LogP contribution in [-0.4, -0.2) is 33.7 Å². The molecule has 152 valence electrons. The van der Waals surface area contributed by atoms with Gasteiger partial charge < -0.3 is 19.7 Å². The average Bonchev–Trinajstić information content (AvgIpc) is 2.65. The van der Waals surface area contributed by atoms with Crippen molar-refractivity contribution in [2.45, 2.75) is 39.3 Å². The van der Waals surface area contributed by atoms with Gasteiger partial charge >= 0.3 is 0 Å². The molecule has 28 heavy (non-hydrogen) atoms. The van der Waals surface area contributed by atoms with E-state index in [1.807, 2.05) is 25.2 Å². The van der Waals surface area contributed by atoms with Crippen molar-refractivity contribution in [3.63, 3.8) is 0 Å². The van der Waals surface area contributed by atoms with E-state index in [1.165, 1.54) is 11.1 Å². The number of rotatable bonds is 8. The van der Waals surface area contributed by atoms with E-state index in [9.17, 15) is 4.79 Å². The Morgan fingerprint density at radius 2 is 1.57 bits per heavy atom. The summed E-state index contributed by atoms with van der Waals surface area (Å²) in [6.07, 6.45) is 0. The molecule has 0 bridgehead atoms. The molecule has 1 unspecified atom stereocenters. The molecular formula is C23H33N2O3+. The van der Waals surface area contributed by atoms with Gasteiger partial charge in [0.2, 0.25) is 0 Å². The number of ether oxygens (including phenoxy) is 2. The second kappa shape index (κ2) is 9.60. The Bertz CT molecular complexity index is 779. The van der Waals surface area contributed by atoms with Gasteiger partial charge in [0.1, 0.15) is 6.54 Å². The van der Waals surface area contributed by atoms with Crippen molar-refractivity contribution in [3.8, 4) is 11.5 Å². The number of quaternary nitrogens is 1. The smallest absolute Gasteiger partial charge is 0.275 e. The molecule has 1 atom stereocenters. The van der Waals surface area contributed by atoms with Crippen LogP contribution in [0.15, 0.2) is 42.5 Å². The molecule has 2 rings (SSSR count). The van der Waals surface area contributed by atoms with Crippen molar-refractivity contribution >= 4 is 5.91 Å². The number of carbonyl (C=O) groups excluding carboxylic acids is 1. The lowest BCUT2D eigenvalue weighted by molar-refractivity contribution is -0.885. The second-order valence-electron chi connectivity index (χ2n) is 8.22. The van der Waals surface area contributed by atoms with Crippen molar-refractivity contribution in [3.05, 3.63) is 59.2 Å². The van der Waals surface area contributed by atoms with E-state index in [0.29, 0.717) is 24.6 Å². The monoisotopic (exact) mass is 385 g/mol. The minimum atomic E-state index is 0.0265. The zero-order valence-electron chi connectivity index (χ0n) is 17.9. The normalized spacial score (nSPS) is 12.4. The maximum absolute atomic E-state index is 12.3. The lowest BCUT2D eigenvalue weighted by Crippen LogP contribution is -3.08. The molecule has 0 radical (unpaired) electrons. The quantitative estimate of drug-likeness (QED) is 0.733. The Hall–Kier alpha value is -2.53. The largest absolute Gasteiger partial charge is 0.493 e. The number of hydrogen-bond donors (Lipinski definition) is 2. The molecule has 0 fully saturated rings. The van der Waals surface area contributed by atoms with Crippen molar-refractivity contribution in [1.82, 2.24) is 5.32 Å².